The fourth-order valence-corrected chi connectivity index (χ4v) is 2.76. The lowest BCUT2D eigenvalue weighted by atomic mass is 10.3. The molecule has 6 heteroatoms. The minimum atomic E-state index is 0.620. The topological polar surface area (TPSA) is 66.6 Å². The summed E-state index contributed by atoms with van der Waals surface area (Å²) in [5.74, 6) is 1.78. The number of hydrogen-bond acceptors (Lipinski definition) is 6. The van der Waals surface area contributed by atoms with Crippen molar-refractivity contribution in [1.82, 2.24) is 10.6 Å². The Bertz CT molecular complexity index is 554. The monoisotopic (exact) mass is 356 g/mol. The van der Waals surface area contributed by atoms with Crippen LogP contribution in [0, 0.1) is 0 Å². The summed E-state index contributed by atoms with van der Waals surface area (Å²) in [6, 6.07) is 16.1. The van der Waals surface area contributed by atoms with Gasteiger partial charge in [0.15, 0.2) is 0 Å². The largest absolute Gasteiger partial charge is 0.490 e. The van der Waals surface area contributed by atoms with Crippen LogP contribution < -0.4 is 30.7 Å². The molecule has 4 N–H and O–H groups in total. The van der Waals surface area contributed by atoms with E-state index in [1.54, 1.807) is 0 Å². The van der Waals surface area contributed by atoms with Crippen LogP contribution in [-0.4, -0.2) is 52.5 Å². The number of para-hydroxylation sites is 4. The first-order valence-corrected chi connectivity index (χ1v) is 9.26. The van der Waals surface area contributed by atoms with Crippen LogP contribution in [-0.2, 0) is 0 Å². The molecular formula is C20H28N4O2. The molecule has 2 aromatic carbocycles. The first-order chi connectivity index (χ1) is 12.9. The van der Waals surface area contributed by atoms with Gasteiger partial charge in [0.2, 0.25) is 0 Å². The Labute approximate surface area is 155 Å². The third-order valence-corrected chi connectivity index (χ3v) is 4.08. The average molecular weight is 356 g/mol. The second-order valence-corrected chi connectivity index (χ2v) is 6.04. The van der Waals surface area contributed by atoms with Crippen molar-refractivity contribution >= 4 is 11.4 Å². The maximum atomic E-state index is 5.89. The molecule has 3 rings (SSSR count). The van der Waals surface area contributed by atoms with Crippen LogP contribution in [0.25, 0.3) is 0 Å². The van der Waals surface area contributed by atoms with Gasteiger partial charge in [-0.25, -0.2) is 0 Å². The Hall–Kier alpha value is -2.44. The molecule has 26 heavy (non-hydrogen) atoms. The fourth-order valence-electron chi connectivity index (χ4n) is 2.76. The molecular weight excluding hydrogens is 328 g/mol. The normalized spacial score (nSPS) is 16.9. The molecule has 0 saturated heterocycles. The van der Waals surface area contributed by atoms with Gasteiger partial charge in [-0.3, -0.25) is 0 Å². The van der Waals surface area contributed by atoms with Crippen LogP contribution in [0.2, 0.25) is 0 Å². The highest BCUT2D eigenvalue weighted by Gasteiger charge is 2.04. The van der Waals surface area contributed by atoms with Crippen molar-refractivity contribution in [1.29, 1.82) is 0 Å². The molecule has 0 saturated carbocycles. The van der Waals surface area contributed by atoms with Gasteiger partial charge in [-0.2, -0.15) is 0 Å². The molecule has 6 nitrogen and oxygen atoms in total. The summed E-state index contributed by atoms with van der Waals surface area (Å²) < 4.78 is 11.8. The molecule has 0 aliphatic carbocycles. The van der Waals surface area contributed by atoms with E-state index in [0.29, 0.717) is 13.2 Å². The van der Waals surface area contributed by atoms with Crippen molar-refractivity contribution in [2.45, 2.75) is 0 Å². The summed E-state index contributed by atoms with van der Waals surface area (Å²) in [6.07, 6.45) is 0. The van der Waals surface area contributed by atoms with Gasteiger partial charge >= 0.3 is 0 Å². The van der Waals surface area contributed by atoms with Crippen LogP contribution in [0.5, 0.6) is 11.5 Å². The number of anilines is 2. The molecule has 0 radical (unpaired) electrons. The van der Waals surface area contributed by atoms with E-state index in [2.05, 4.69) is 21.3 Å². The maximum absolute atomic E-state index is 5.89. The van der Waals surface area contributed by atoms with Crippen molar-refractivity contribution in [3.63, 3.8) is 0 Å². The van der Waals surface area contributed by atoms with E-state index in [9.17, 15) is 0 Å². The van der Waals surface area contributed by atoms with Gasteiger partial charge < -0.3 is 30.7 Å². The Morgan fingerprint density at radius 1 is 0.538 bits per heavy atom. The fraction of sp³-hybridized carbons (Fsp3) is 0.400. The van der Waals surface area contributed by atoms with Gasteiger partial charge in [-0.05, 0) is 24.3 Å². The lowest BCUT2D eigenvalue weighted by Gasteiger charge is -2.16. The van der Waals surface area contributed by atoms with E-state index in [0.717, 1.165) is 62.1 Å². The van der Waals surface area contributed by atoms with Crippen molar-refractivity contribution in [2.24, 2.45) is 0 Å². The van der Waals surface area contributed by atoms with Crippen LogP contribution >= 0.6 is 0 Å². The Morgan fingerprint density at radius 3 is 1.54 bits per heavy atom. The number of benzene rings is 2. The van der Waals surface area contributed by atoms with E-state index >= 15 is 0 Å². The zero-order valence-corrected chi connectivity index (χ0v) is 15.1. The van der Waals surface area contributed by atoms with Crippen molar-refractivity contribution in [3.05, 3.63) is 48.5 Å². The van der Waals surface area contributed by atoms with Gasteiger partial charge in [-0.1, -0.05) is 24.3 Å². The van der Waals surface area contributed by atoms with E-state index in [-0.39, 0.29) is 0 Å². The molecule has 0 fully saturated rings. The standard InChI is InChI=1S/C20H28N4O2/c1-3-7-19-17(5-1)23-11-9-21-10-12-24-18-6-2-4-8-20(18)26-16-14-22-13-15-25-19/h1-8,21-24H,9-16H2. The Balaban J connectivity index is 1.56. The molecule has 1 heterocycles. The first-order valence-electron chi connectivity index (χ1n) is 9.26. The molecule has 140 valence electrons. The number of rotatable bonds is 0. The molecule has 2 aromatic rings. The molecule has 0 unspecified atom stereocenters. The lowest BCUT2D eigenvalue weighted by Crippen LogP contribution is -2.28. The number of hydrogen-bond donors (Lipinski definition) is 4. The second kappa shape index (κ2) is 10.5. The summed E-state index contributed by atoms with van der Waals surface area (Å²) >= 11 is 0. The average Bonchev–Trinajstić information content (AvgIpc) is 2.68. The summed E-state index contributed by atoms with van der Waals surface area (Å²) in [7, 11) is 0. The van der Waals surface area contributed by atoms with Crippen LogP contribution in [0.4, 0.5) is 11.4 Å². The quantitative estimate of drug-likeness (QED) is 0.580. The zero-order valence-electron chi connectivity index (χ0n) is 15.1. The predicted octanol–water partition coefficient (Wildman–Crippen LogP) is 2.16. The Morgan fingerprint density at radius 2 is 1.00 bits per heavy atom. The minimum Gasteiger partial charge on any atom is -0.490 e. The molecule has 0 aromatic heterocycles. The van der Waals surface area contributed by atoms with Crippen LogP contribution in [0.15, 0.2) is 48.5 Å². The van der Waals surface area contributed by atoms with E-state index in [4.69, 9.17) is 9.47 Å². The van der Waals surface area contributed by atoms with E-state index in [1.165, 1.54) is 0 Å². The number of ether oxygens (including phenoxy) is 2. The van der Waals surface area contributed by atoms with Crippen molar-refractivity contribution < 1.29 is 9.47 Å². The Kier molecular flexibility index (Phi) is 7.43. The third-order valence-electron chi connectivity index (χ3n) is 4.08. The molecule has 0 spiro atoms. The molecule has 0 amide bonds. The molecule has 0 atom stereocenters. The number of nitrogens with one attached hydrogen (secondary N) is 4. The minimum absolute atomic E-state index is 0.620. The summed E-state index contributed by atoms with van der Waals surface area (Å²) in [6.45, 7) is 6.25. The molecule has 1 aliphatic rings. The van der Waals surface area contributed by atoms with Gasteiger partial charge in [0.25, 0.3) is 0 Å². The van der Waals surface area contributed by atoms with Gasteiger partial charge in [0, 0.05) is 39.3 Å². The van der Waals surface area contributed by atoms with Crippen LogP contribution in [0.1, 0.15) is 0 Å². The van der Waals surface area contributed by atoms with Gasteiger partial charge in [0.05, 0.1) is 11.4 Å². The number of fused-ring (bicyclic) bond motifs is 2. The van der Waals surface area contributed by atoms with Gasteiger partial charge in [0.1, 0.15) is 24.7 Å². The van der Waals surface area contributed by atoms with Crippen molar-refractivity contribution in [2.75, 3.05) is 63.1 Å². The highest BCUT2D eigenvalue weighted by molar-refractivity contribution is 5.56. The van der Waals surface area contributed by atoms with Gasteiger partial charge in [-0.15, -0.1) is 0 Å². The zero-order chi connectivity index (χ0) is 17.9. The highest BCUT2D eigenvalue weighted by atomic mass is 16.5. The predicted molar refractivity (Wildman–Crippen MR) is 107 cm³/mol. The van der Waals surface area contributed by atoms with Crippen LogP contribution in [0.3, 0.4) is 0 Å². The van der Waals surface area contributed by atoms with E-state index in [1.807, 2.05) is 48.5 Å². The third kappa shape index (κ3) is 5.82. The SMILES string of the molecule is c1ccc2c(c1)NCCNCCNc1ccccc1OCCNCCO2. The van der Waals surface area contributed by atoms with E-state index < -0.39 is 0 Å². The second-order valence-electron chi connectivity index (χ2n) is 6.04. The highest BCUT2D eigenvalue weighted by Crippen LogP contribution is 2.24. The smallest absolute Gasteiger partial charge is 0.142 e. The summed E-state index contributed by atoms with van der Waals surface area (Å²) in [4.78, 5) is 0. The lowest BCUT2D eigenvalue weighted by molar-refractivity contribution is 0.290. The first kappa shape index (κ1) is 18.4. The van der Waals surface area contributed by atoms with Crippen molar-refractivity contribution in [3.8, 4) is 11.5 Å². The summed E-state index contributed by atoms with van der Waals surface area (Å²) in [5, 5.41) is 13.7. The molecule has 0 bridgehead atoms. The summed E-state index contributed by atoms with van der Waals surface area (Å²) in [5.41, 5.74) is 2.07. The molecule has 1 aliphatic heterocycles. The maximum Gasteiger partial charge on any atom is 0.142 e.